The first-order valence-electron chi connectivity index (χ1n) is 11.1. The Morgan fingerprint density at radius 2 is 1.91 bits per heavy atom. The fraction of sp³-hybridized carbons (Fsp3) is 0.308. The molecular weight excluding hydrogens is 417 g/mol. The third-order valence-electron chi connectivity index (χ3n) is 5.71. The normalized spacial score (nSPS) is 11.2. The van der Waals surface area contributed by atoms with Gasteiger partial charge in [-0.25, -0.2) is 9.50 Å². The number of amides is 1. The number of carbonyl (C=O) groups excluding carboxylic acids is 1. The van der Waals surface area contributed by atoms with Crippen LogP contribution in [0, 0.1) is 13.8 Å². The van der Waals surface area contributed by atoms with E-state index in [1.807, 2.05) is 60.8 Å². The SMILES string of the molecule is Cc1cc(C)n2nc(-c3ccc(CCCF)cc3)c(CC(=O)N(C)Cc3cccnc3)c2n1. The van der Waals surface area contributed by atoms with Gasteiger partial charge in [0.05, 0.1) is 18.8 Å². The zero-order valence-electron chi connectivity index (χ0n) is 19.3. The van der Waals surface area contributed by atoms with E-state index in [9.17, 15) is 9.18 Å². The molecule has 0 fully saturated rings. The zero-order valence-corrected chi connectivity index (χ0v) is 19.3. The van der Waals surface area contributed by atoms with Crippen molar-refractivity contribution in [1.29, 1.82) is 0 Å². The molecule has 0 saturated carbocycles. The van der Waals surface area contributed by atoms with Crippen molar-refractivity contribution < 1.29 is 9.18 Å². The molecule has 0 aliphatic carbocycles. The Morgan fingerprint density at radius 1 is 1.12 bits per heavy atom. The lowest BCUT2D eigenvalue weighted by Gasteiger charge is -2.17. The van der Waals surface area contributed by atoms with E-state index in [2.05, 4.69) is 4.98 Å². The van der Waals surface area contributed by atoms with Crippen molar-refractivity contribution in [3.05, 3.63) is 82.9 Å². The maximum atomic E-state index is 13.2. The van der Waals surface area contributed by atoms with Crippen molar-refractivity contribution in [1.82, 2.24) is 24.5 Å². The van der Waals surface area contributed by atoms with Crippen molar-refractivity contribution in [3.8, 4) is 11.3 Å². The minimum atomic E-state index is -0.322. The Balaban J connectivity index is 1.69. The summed E-state index contributed by atoms with van der Waals surface area (Å²) in [7, 11) is 1.80. The first-order valence-corrected chi connectivity index (χ1v) is 11.1. The van der Waals surface area contributed by atoms with Gasteiger partial charge in [-0.1, -0.05) is 30.3 Å². The average Bonchev–Trinajstić information content (AvgIpc) is 3.17. The highest BCUT2D eigenvalue weighted by Gasteiger charge is 2.21. The lowest BCUT2D eigenvalue weighted by Crippen LogP contribution is -2.28. The minimum absolute atomic E-state index is 0.0180. The molecule has 0 spiro atoms. The van der Waals surface area contributed by atoms with E-state index in [4.69, 9.17) is 10.1 Å². The number of hydrogen-bond acceptors (Lipinski definition) is 4. The molecule has 0 saturated heterocycles. The lowest BCUT2D eigenvalue weighted by atomic mass is 10.0. The van der Waals surface area contributed by atoms with Gasteiger partial charge in [0.2, 0.25) is 5.91 Å². The molecule has 1 amide bonds. The van der Waals surface area contributed by atoms with Gasteiger partial charge in [-0.2, -0.15) is 5.10 Å². The van der Waals surface area contributed by atoms with Crippen molar-refractivity contribution in [3.63, 3.8) is 0 Å². The van der Waals surface area contributed by atoms with Crippen LogP contribution in [0.3, 0.4) is 0 Å². The van der Waals surface area contributed by atoms with Crippen LogP contribution >= 0.6 is 0 Å². The van der Waals surface area contributed by atoms with Gasteiger partial charge in [0.15, 0.2) is 5.65 Å². The highest BCUT2D eigenvalue weighted by molar-refractivity contribution is 5.84. The Morgan fingerprint density at radius 3 is 2.61 bits per heavy atom. The molecule has 6 nitrogen and oxygen atoms in total. The van der Waals surface area contributed by atoms with Crippen LogP contribution in [0.2, 0.25) is 0 Å². The fourth-order valence-electron chi connectivity index (χ4n) is 4.00. The third kappa shape index (κ3) is 5.08. The Bertz CT molecular complexity index is 1250. The Hall–Kier alpha value is -3.61. The quantitative estimate of drug-likeness (QED) is 0.400. The molecule has 1 aromatic carbocycles. The van der Waals surface area contributed by atoms with Crippen LogP contribution in [0.15, 0.2) is 54.9 Å². The number of carbonyl (C=O) groups is 1. The van der Waals surface area contributed by atoms with Crippen LogP contribution in [0.1, 0.15) is 34.5 Å². The van der Waals surface area contributed by atoms with E-state index >= 15 is 0 Å². The lowest BCUT2D eigenvalue weighted by molar-refractivity contribution is -0.129. The molecule has 3 aromatic heterocycles. The number of aryl methyl sites for hydroxylation is 3. The summed E-state index contributed by atoms with van der Waals surface area (Å²) in [5.41, 5.74) is 7.07. The van der Waals surface area contributed by atoms with E-state index in [0.717, 1.165) is 39.3 Å². The molecule has 4 rings (SSSR count). The second kappa shape index (κ2) is 9.90. The smallest absolute Gasteiger partial charge is 0.227 e. The maximum Gasteiger partial charge on any atom is 0.227 e. The van der Waals surface area contributed by atoms with Crippen LogP contribution < -0.4 is 0 Å². The molecule has 0 radical (unpaired) electrons. The molecule has 3 heterocycles. The van der Waals surface area contributed by atoms with E-state index in [1.165, 1.54) is 0 Å². The molecule has 0 N–H and O–H groups in total. The fourth-order valence-corrected chi connectivity index (χ4v) is 4.00. The summed E-state index contributed by atoms with van der Waals surface area (Å²) in [4.78, 5) is 23.7. The predicted molar refractivity (Wildman–Crippen MR) is 127 cm³/mol. The van der Waals surface area contributed by atoms with Crippen LogP contribution in [0.5, 0.6) is 0 Å². The maximum absolute atomic E-state index is 13.2. The molecule has 0 aliphatic heterocycles. The van der Waals surface area contributed by atoms with Crippen molar-refractivity contribution >= 4 is 11.6 Å². The number of hydrogen-bond donors (Lipinski definition) is 0. The number of benzene rings is 1. The average molecular weight is 446 g/mol. The molecule has 170 valence electrons. The topological polar surface area (TPSA) is 63.4 Å². The Labute approximate surface area is 193 Å². The first kappa shape index (κ1) is 22.6. The van der Waals surface area contributed by atoms with Crippen molar-refractivity contribution in [2.45, 2.75) is 39.7 Å². The number of rotatable bonds is 8. The number of pyridine rings is 1. The van der Waals surface area contributed by atoms with Crippen molar-refractivity contribution in [2.75, 3.05) is 13.7 Å². The predicted octanol–water partition coefficient (Wildman–Crippen LogP) is 4.51. The van der Waals surface area contributed by atoms with E-state index in [-0.39, 0.29) is 19.0 Å². The van der Waals surface area contributed by atoms with E-state index < -0.39 is 0 Å². The summed E-state index contributed by atoms with van der Waals surface area (Å²) in [6, 6.07) is 13.8. The third-order valence-corrected chi connectivity index (χ3v) is 5.71. The van der Waals surface area contributed by atoms with Gasteiger partial charge in [-0.15, -0.1) is 0 Å². The molecule has 0 aliphatic rings. The van der Waals surface area contributed by atoms with Gasteiger partial charge in [-0.3, -0.25) is 14.2 Å². The molecule has 0 bridgehead atoms. The number of fused-ring (bicyclic) bond motifs is 1. The van der Waals surface area contributed by atoms with Gasteiger partial charge in [0.25, 0.3) is 0 Å². The summed E-state index contributed by atoms with van der Waals surface area (Å²) >= 11 is 0. The molecule has 4 aromatic rings. The second-order valence-corrected chi connectivity index (χ2v) is 8.38. The van der Waals surface area contributed by atoms with E-state index in [1.54, 1.807) is 24.3 Å². The summed E-state index contributed by atoms with van der Waals surface area (Å²) in [5, 5.41) is 4.83. The summed E-state index contributed by atoms with van der Waals surface area (Å²) in [5.74, 6) is -0.0180. The number of alkyl halides is 1. The molecule has 0 atom stereocenters. The second-order valence-electron chi connectivity index (χ2n) is 8.38. The van der Waals surface area contributed by atoms with Crippen LogP contribution in [-0.4, -0.2) is 44.1 Å². The van der Waals surface area contributed by atoms with E-state index in [0.29, 0.717) is 25.0 Å². The first-order chi connectivity index (χ1) is 16.0. The van der Waals surface area contributed by atoms with Gasteiger partial charge in [0, 0.05) is 48.5 Å². The molecule has 33 heavy (non-hydrogen) atoms. The summed E-state index contributed by atoms with van der Waals surface area (Å²) in [6.07, 6.45) is 4.89. The molecular formula is C26H28FN5O. The van der Waals surface area contributed by atoms with Crippen LogP contribution in [-0.2, 0) is 24.2 Å². The van der Waals surface area contributed by atoms with Gasteiger partial charge in [-0.05, 0) is 49.9 Å². The number of likely N-dealkylation sites (N-methyl/N-ethyl adjacent to an activating group) is 1. The number of aromatic nitrogens is 4. The zero-order chi connectivity index (χ0) is 23.4. The van der Waals surface area contributed by atoms with Gasteiger partial charge >= 0.3 is 0 Å². The largest absolute Gasteiger partial charge is 0.341 e. The van der Waals surface area contributed by atoms with Crippen LogP contribution in [0.25, 0.3) is 16.9 Å². The van der Waals surface area contributed by atoms with Gasteiger partial charge in [0.1, 0.15) is 0 Å². The standard InChI is InChI=1S/C26H28FN5O/c1-18-14-19(2)32-26(29-18)23(15-24(33)31(3)17-21-7-5-13-28-16-21)25(30-32)22-10-8-20(9-11-22)6-4-12-27/h5,7-11,13-14,16H,4,6,12,15,17H2,1-3H3. The summed E-state index contributed by atoms with van der Waals surface area (Å²) < 4.78 is 14.3. The number of nitrogens with zero attached hydrogens (tertiary/aromatic N) is 5. The number of halogens is 1. The summed E-state index contributed by atoms with van der Waals surface area (Å²) in [6.45, 7) is 4.09. The van der Waals surface area contributed by atoms with Gasteiger partial charge < -0.3 is 4.90 Å². The van der Waals surface area contributed by atoms with Crippen LogP contribution in [0.4, 0.5) is 4.39 Å². The minimum Gasteiger partial charge on any atom is -0.341 e. The molecule has 7 heteroatoms. The molecule has 0 unspecified atom stereocenters. The Kier molecular flexibility index (Phi) is 6.77. The highest BCUT2D eigenvalue weighted by atomic mass is 19.1. The monoisotopic (exact) mass is 445 g/mol. The van der Waals surface area contributed by atoms with Crippen molar-refractivity contribution in [2.24, 2.45) is 0 Å². The highest BCUT2D eigenvalue weighted by Crippen LogP contribution is 2.28.